The number of ether oxygens (including phenoxy) is 3. The zero-order chi connectivity index (χ0) is 14.1. The molecule has 3 rings (SSSR count). The molecule has 1 aromatic carbocycles. The van der Waals surface area contributed by atoms with Crippen LogP contribution in [-0.2, 0) is 17.7 Å². The van der Waals surface area contributed by atoms with Crippen LogP contribution >= 0.6 is 0 Å². The van der Waals surface area contributed by atoms with Gasteiger partial charge in [0.05, 0.1) is 13.2 Å². The summed E-state index contributed by atoms with van der Waals surface area (Å²) in [7, 11) is 3.51. The van der Waals surface area contributed by atoms with Crippen molar-refractivity contribution < 1.29 is 14.2 Å². The van der Waals surface area contributed by atoms with Gasteiger partial charge in [0.2, 0.25) is 0 Å². The van der Waals surface area contributed by atoms with E-state index < -0.39 is 0 Å². The van der Waals surface area contributed by atoms with Crippen LogP contribution in [0.2, 0.25) is 0 Å². The summed E-state index contributed by atoms with van der Waals surface area (Å²) < 4.78 is 16.6. The van der Waals surface area contributed by atoms with E-state index in [4.69, 9.17) is 14.2 Å². The highest BCUT2D eigenvalue weighted by Crippen LogP contribution is 2.35. The van der Waals surface area contributed by atoms with E-state index in [9.17, 15) is 0 Å². The predicted octanol–water partition coefficient (Wildman–Crippen LogP) is 2.29. The molecule has 1 aromatic rings. The molecule has 1 heterocycles. The summed E-state index contributed by atoms with van der Waals surface area (Å²) in [5, 5.41) is 3.56. The molecule has 1 aliphatic heterocycles. The second-order valence-electron chi connectivity index (χ2n) is 5.81. The molecule has 20 heavy (non-hydrogen) atoms. The third kappa shape index (κ3) is 2.63. The van der Waals surface area contributed by atoms with Gasteiger partial charge in [-0.3, -0.25) is 0 Å². The second-order valence-corrected chi connectivity index (χ2v) is 5.81. The minimum atomic E-state index is 0.270. The van der Waals surface area contributed by atoms with E-state index >= 15 is 0 Å². The largest absolute Gasteiger partial charge is 0.496 e. The Morgan fingerprint density at radius 1 is 1.30 bits per heavy atom. The lowest BCUT2D eigenvalue weighted by molar-refractivity contribution is 0.0169. The van der Waals surface area contributed by atoms with Gasteiger partial charge in [-0.15, -0.1) is 0 Å². The Kier molecular flexibility index (Phi) is 3.85. The first-order valence-corrected chi connectivity index (χ1v) is 7.32. The molecule has 0 aromatic heterocycles. The molecular weight excluding hydrogens is 254 g/mol. The van der Waals surface area contributed by atoms with Gasteiger partial charge < -0.3 is 19.5 Å². The van der Waals surface area contributed by atoms with Crippen molar-refractivity contribution in [2.24, 2.45) is 0 Å². The van der Waals surface area contributed by atoms with Crippen LogP contribution < -0.4 is 14.8 Å². The molecule has 0 saturated heterocycles. The Balaban J connectivity index is 1.65. The number of nitrogens with one attached hydrogen (secondary N) is 1. The van der Waals surface area contributed by atoms with E-state index in [0.717, 1.165) is 37.3 Å². The van der Waals surface area contributed by atoms with Crippen molar-refractivity contribution in [1.29, 1.82) is 0 Å². The van der Waals surface area contributed by atoms with Crippen molar-refractivity contribution in [3.63, 3.8) is 0 Å². The number of fused-ring (bicyclic) bond motifs is 1. The molecule has 110 valence electrons. The van der Waals surface area contributed by atoms with Crippen molar-refractivity contribution in [3.05, 3.63) is 23.3 Å². The van der Waals surface area contributed by atoms with Crippen LogP contribution in [0.5, 0.6) is 11.5 Å². The molecule has 0 amide bonds. The van der Waals surface area contributed by atoms with Crippen LogP contribution in [0.15, 0.2) is 12.1 Å². The number of hydrogen-bond acceptors (Lipinski definition) is 4. The fourth-order valence-electron chi connectivity index (χ4n) is 2.99. The second kappa shape index (κ2) is 5.62. The van der Waals surface area contributed by atoms with Crippen molar-refractivity contribution in [2.75, 3.05) is 14.2 Å². The minimum Gasteiger partial charge on any atom is -0.496 e. The molecule has 0 spiro atoms. The zero-order valence-electron chi connectivity index (χ0n) is 12.4. The zero-order valence-corrected chi connectivity index (χ0v) is 12.4. The molecule has 1 saturated carbocycles. The highest BCUT2D eigenvalue weighted by atomic mass is 16.5. The molecule has 0 radical (unpaired) electrons. The molecule has 4 nitrogen and oxygen atoms in total. The van der Waals surface area contributed by atoms with Crippen molar-refractivity contribution in [3.8, 4) is 11.5 Å². The molecular formula is C16H23NO3. The van der Waals surface area contributed by atoms with E-state index in [0.29, 0.717) is 12.1 Å². The maximum absolute atomic E-state index is 5.83. The van der Waals surface area contributed by atoms with Gasteiger partial charge in [-0.25, -0.2) is 0 Å². The molecule has 1 aliphatic carbocycles. The first kappa shape index (κ1) is 13.7. The molecule has 1 N–H and O–H groups in total. The first-order chi connectivity index (χ1) is 9.69. The Morgan fingerprint density at radius 3 is 2.80 bits per heavy atom. The van der Waals surface area contributed by atoms with Crippen LogP contribution in [-0.4, -0.2) is 32.5 Å². The highest BCUT2D eigenvalue weighted by Gasteiger charge is 2.29. The topological polar surface area (TPSA) is 39.7 Å². The van der Waals surface area contributed by atoms with Crippen LogP contribution in [0.3, 0.4) is 0 Å². The average molecular weight is 277 g/mol. The Hall–Kier alpha value is -1.26. The molecule has 1 unspecified atom stereocenters. The smallest absolute Gasteiger partial charge is 0.123 e. The quantitative estimate of drug-likeness (QED) is 0.896. The van der Waals surface area contributed by atoms with E-state index in [-0.39, 0.29) is 6.10 Å². The van der Waals surface area contributed by atoms with Crippen molar-refractivity contribution >= 4 is 0 Å². The normalized spacial score (nSPS) is 27.6. The lowest BCUT2D eigenvalue weighted by Crippen LogP contribution is -2.44. The van der Waals surface area contributed by atoms with Gasteiger partial charge in [0.25, 0.3) is 0 Å². The van der Waals surface area contributed by atoms with Gasteiger partial charge in [-0.2, -0.15) is 0 Å². The van der Waals surface area contributed by atoms with E-state index in [2.05, 4.69) is 24.4 Å². The fraction of sp³-hybridized carbons (Fsp3) is 0.625. The van der Waals surface area contributed by atoms with Crippen LogP contribution in [0.25, 0.3) is 0 Å². The lowest BCUT2D eigenvalue weighted by Gasteiger charge is -2.35. The third-order valence-electron chi connectivity index (χ3n) is 4.31. The standard InChI is InChI=1S/C16H23NO3/c1-10-4-11-5-15(19-3)12(6-16(11)20-10)9-17-13-7-14(8-13)18-2/h5-6,10,13-14,17H,4,7-9H2,1-3H3. The SMILES string of the molecule is COc1cc2c(cc1CNC1CC(OC)C1)OC(C)C2. The molecule has 2 aliphatic rings. The fourth-order valence-corrected chi connectivity index (χ4v) is 2.99. The molecule has 1 atom stereocenters. The summed E-state index contributed by atoms with van der Waals surface area (Å²) in [6, 6.07) is 4.80. The Labute approximate surface area is 120 Å². The van der Waals surface area contributed by atoms with Gasteiger partial charge in [0.1, 0.15) is 17.6 Å². The van der Waals surface area contributed by atoms with Crippen LogP contribution in [0.4, 0.5) is 0 Å². The van der Waals surface area contributed by atoms with Gasteiger partial charge in [0.15, 0.2) is 0 Å². The highest BCUT2D eigenvalue weighted by molar-refractivity contribution is 5.48. The number of hydrogen-bond donors (Lipinski definition) is 1. The summed E-state index contributed by atoms with van der Waals surface area (Å²) in [5.74, 6) is 1.97. The van der Waals surface area contributed by atoms with Crippen LogP contribution in [0.1, 0.15) is 30.9 Å². The van der Waals surface area contributed by atoms with E-state index in [1.165, 1.54) is 11.1 Å². The summed E-state index contributed by atoms with van der Waals surface area (Å²) in [5.41, 5.74) is 2.42. The van der Waals surface area contributed by atoms with Crippen molar-refractivity contribution in [1.82, 2.24) is 5.32 Å². The molecule has 4 heteroatoms. The van der Waals surface area contributed by atoms with Gasteiger partial charge in [-0.05, 0) is 31.9 Å². The van der Waals surface area contributed by atoms with Crippen LogP contribution in [0, 0.1) is 0 Å². The van der Waals surface area contributed by atoms with Gasteiger partial charge in [-0.1, -0.05) is 0 Å². The first-order valence-electron chi connectivity index (χ1n) is 7.32. The van der Waals surface area contributed by atoms with Crippen molar-refractivity contribution in [2.45, 2.75) is 51.0 Å². The summed E-state index contributed by atoms with van der Waals surface area (Å²) >= 11 is 0. The molecule has 0 bridgehead atoms. The Bertz CT molecular complexity index is 483. The summed E-state index contributed by atoms with van der Waals surface area (Å²) in [6.07, 6.45) is 3.86. The molecule has 1 fully saturated rings. The number of methoxy groups -OCH3 is 2. The third-order valence-corrected chi connectivity index (χ3v) is 4.31. The summed E-state index contributed by atoms with van der Waals surface area (Å²) in [6.45, 7) is 2.92. The Morgan fingerprint density at radius 2 is 2.10 bits per heavy atom. The monoisotopic (exact) mass is 277 g/mol. The van der Waals surface area contributed by atoms with E-state index in [1.807, 2.05) is 0 Å². The van der Waals surface area contributed by atoms with E-state index in [1.54, 1.807) is 14.2 Å². The lowest BCUT2D eigenvalue weighted by atomic mass is 9.89. The maximum Gasteiger partial charge on any atom is 0.123 e. The van der Waals surface area contributed by atoms with Gasteiger partial charge >= 0.3 is 0 Å². The average Bonchev–Trinajstić information content (AvgIpc) is 2.75. The van der Waals surface area contributed by atoms with Gasteiger partial charge in [0, 0.05) is 37.2 Å². The number of benzene rings is 1. The predicted molar refractivity (Wildman–Crippen MR) is 77.4 cm³/mol. The number of rotatable bonds is 5. The summed E-state index contributed by atoms with van der Waals surface area (Å²) in [4.78, 5) is 0. The minimum absolute atomic E-state index is 0.270. The maximum atomic E-state index is 5.83.